The van der Waals surface area contributed by atoms with Gasteiger partial charge in [0.25, 0.3) is 5.91 Å². The fourth-order valence-electron chi connectivity index (χ4n) is 2.78. The molecule has 0 bridgehead atoms. The summed E-state index contributed by atoms with van der Waals surface area (Å²) in [6.45, 7) is 3.95. The average molecular weight is 291 g/mol. The van der Waals surface area contributed by atoms with Gasteiger partial charge in [0.2, 0.25) is 0 Å². The summed E-state index contributed by atoms with van der Waals surface area (Å²) in [7, 11) is 4.18. The molecule has 0 saturated carbocycles. The molecule has 2 rings (SSSR count). The van der Waals surface area contributed by atoms with E-state index in [1.807, 2.05) is 11.8 Å². The Labute approximate surface area is 126 Å². The van der Waals surface area contributed by atoms with E-state index in [1.54, 1.807) is 18.2 Å². The van der Waals surface area contributed by atoms with E-state index < -0.39 is 0 Å². The van der Waals surface area contributed by atoms with Gasteiger partial charge in [0.1, 0.15) is 0 Å². The van der Waals surface area contributed by atoms with Crippen molar-refractivity contribution in [3.8, 4) is 5.75 Å². The number of carbonyl (C=O) groups is 1. The second-order valence-corrected chi connectivity index (χ2v) is 5.64. The summed E-state index contributed by atoms with van der Waals surface area (Å²) in [6.07, 6.45) is 2.01. The molecule has 1 fully saturated rings. The van der Waals surface area contributed by atoms with E-state index >= 15 is 0 Å². The summed E-state index contributed by atoms with van der Waals surface area (Å²) >= 11 is 0. The molecule has 0 aromatic heterocycles. The highest BCUT2D eigenvalue weighted by atomic mass is 16.5. The lowest BCUT2D eigenvalue weighted by Gasteiger charge is -2.35. The first-order valence-corrected chi connectivity index (χ1v) is 7.51. The fourth-order valence-corrected chi connectivity index (χ4v) is 2.78. The number of nitrogens with two attached hydrogens (primary N) is 1. The molecule has 1 aromatic carbocycles. The highest BCUT2D eigenvalue weighted by Gasteiger charge is 2.26. The van der Waals surface area contributed by atoms with Crippen molar-refractivity contribution in [1.82, 2.24) is 9.80 Å². The van der Waals surface area contributed by atoms with Crippen molar-refractivity contribution in [3.63, 3.8) is 0 Å². The molecule has 21 heavy (non-hydrogen) atoms. The summed E-state index contributed by atoms with van der Waals surface area (Å²) in [6, 6.07) is 5.92. The molecule has 0 spiro atoms. The Morgan fingerprint density at radius 1 is 1.38 bits per heavy atom. The number of carbonyl (C=O) groups excluding carboxylic acids is 1. The number of amides is 1. The summed E-state index contributed by atoms with van der Waals surface area (Å²) in [5.41, 5.74) is 7.02. The van der Waals surface area contributed by atoms with Crippen LogP contribution in [-0.2, 0) is 0 Å². The third-order valence-electron chi connectivity index (χ3n) is 4.05. The zero-order valence-corrected chi connectivity index (χ0v) is 13.1. The molecule has 2 N–H and O–H groups in total. The van der Waals surface area contributed by atoms with Crippen LogP contribution in [0.5, 0.6) is 5.75 Å². The van der Waals surface area contributed by atoms with E-state index in [0.717, 1.165) is 25.9 Å². The minimum atomic E-state index is 0.0166. The number of ether oxygens (including phenoxy) is 1. The van der Waals surface area contributed by atoms with Crippen LogP contribution in [-0.4, -0.2) is 55.5 Å². The Kier molecular flexibility index (Phi) is 5.07. The number of nitrogens with zero attached hydrogens (tertiary/aromatic N) is 2. The largest absolute Gasteiger partial charge is 0.491 e. The molecule has 1 aliphatic rings. The van der Waals surface area contributed by atoms with Crippen molar-refractivity contribution in [2.24, 2.45) is 0 Å². The molecule has 0 radical (unpaired) electrons. The topological polar surface area (TPSA) is 58.8 Å². The maximum atomic E-state index is 12.7. The number of anilines is 1. The van der Waals surface area contributed by atoms with Crippen LogP contribution in [0.4, 0.5) is 5.69 Å². The molecule has 1 aliphatic heterocycles. The number of para-hydroxylation sites is 1. The minimum absolute atomic E-state index is 0.0166. The van der Waals surface area contributed by atoms with Gasteiger partial charge in [-0.05, 0) is 46.0 Å². The number of hydrogen-bond acceptors (Lipinski definition) is 4. The van der Waals surface area contributed by atoms with Gasteiger partial charge in [0.05, 0.1) is 17.9 Å². The van der Waals surface area contributed by atoms with Crippen molar-refractivity contribution in [3.05, 3.63) is 23.8 Å². The lowest BCUT2D eigenvalue weighted by Crippen LogP contribution is -2.44. The second-order valence-electron chi connectivity index (χ2n) is 5.64. The minimum Gasteiger partial charge on any atom is -0.491 e. The molecular formula is C16H25N3O2. The van der Waals surface area contributed by atoms with E-state index in [2.05, 4.69) is 19.0 Å². The van der Waals surface area contributed by atoms with E-state index in [1.165, 1.54) is 0 Å². The zero-order valence-electron chi connectivity index (χ0n) is 13.1. The van der Waals surface area contributed by atoms with E-state index in [9.17, 15) is 4.79 Å². The van der Waals surface area contributed by atoms with Crippen molar-refractivity contribution >= 4 is 11.6 Å². The molecule has 1 heterocycles. The Balaban J connectivity index is 2.12. The predicted molar refractivity (Wildman–Crippen MR) is 84.6 cm³/mol. The van der Waals surface area contributed by atoms with Gasteiger partial charge in [-0.2, -0.15) is 0 Å². The molecule has 5 heteroatoms. The molecule has 0 aliphatic carbocycles. The van der Waals surface area contributed by atoms with Gasteiger partial charge in [0, 0.05) is 19.1 Å². The van der Waals surface area contributed by atoms with Gasteiger partial charge in [0.15, 0.2) is 5.75 Å². The Morgan fingerprint density at radius 3 is 2.62 bits per heavy atom. The highest BCUT2D eigenvalue weighted by Crippen LogP contribution is 2.28. The normalized spacial score (nSPS) is 16.3. The van der Waals surface area contributed by atoms with Crippen LogP contribution >= 0.6 is 0 Å². The van der Waals surface area contributed by atoms with Crippen molar-refractivity contribution in [2.75, 3.05) is 39.5 Å². The molecule has 5 nitrogen and oxygen atoms in total. The first-order chi connectivity index (χ1) is 10.0. The maximum Gasteiger partial charge on any atom is 0.257 e. The number of piperidine rings is 1. The van der Waals surface area contributed by atoms with Crippen LogP contribution in [0.1, 0.15) is 30.1 Å². The van der Waals surface area contributed by atoms with Gasteiger partial charge in [-0.3, -0.25) is 4.79 Å². The van der Waals surface area contributed by atoms with E-state index in [4.69, 9.17) is 10.5 Å². The standard InChI is InChI=1S/C16H25N3O2/c1-4-21-15-13(6-5-7-14(15)17)16(20)19-10-8-12(9-11-19)18(2)3/h5-7,12H,4,8-11,17H2,1-3H3. The Hall–Kier alpha value is -1.75. The smallest absolute Gasteiger partial charge is 0.257 e. The lowest BCUT2D eigenvalue weighted by molar-refractivity contribution is 0.0659. The molecule has 1 saturated heterocycles. The van der Waals surface area contributed by atoms with E-state index in [-0.39, 0.29) is 5.91 Å². The monoisotopic (exact) mass is 291 g/mol. The van der Waals surface area contributed by atoms with Crippen molar-refractivity contribution in [1.29, 1.82) is 0 Å². The van der Waals surface area contributed by atoms with Gasteiger partial charge in [-0.15, -0.1) is 0 Å². The molecule has 0 unspecified atom stereocenters. The molecule has 0 atom stereocenters. The molecule has 1 aromatic rings. The number of hydrogen-bond donors (Lipinski definition) is 1. The highest BCUT2D eigenvalue weighted by molar-refractivity contribution is 5.98. The fraction of sp³-hybridized carbons (Fsp3) is 0.562. The molecule has 116 valence electrons. The maximum absolute atomic E-state index is 12.7. The van der Waals surface area contributed by atoms with Crippen LogP contribution in [0, 0.1) is 0 Å². The number of benzene rings is 1. The van der Waals surface area contributed by atoms with Crippen LogP contribution in [0.2, 0.25) is 0 Å². The summed E-state index contributed by atoms with van der Waals surface area (Å²) in [4.78, 5) is 16.8. The van der Waals surface area contributed by atoms with Gasteiger partial charge in [-0.1, -0.05) is 6.07 Å². The molecule has 1 amide bonds. The summed E-state index contributed by atoms with van der Waals surface area (Å²) in [5.74, 6) is 0.530. The van der Waals surface area contributed by atoms with Crippen LogP contribution < -0.4 is 10.5 Å². The molecular weight excluding hydrogens is 266 g/mol. The quantitative estimate of drug-likeness (QED) is 0.860. The summed E-state index contributed by atoms with van der Waals surface area (Å²) in [5, 5.41) is 0. The summed E-state index contributed by atoms with van der Waals surface area (Å²) < 4.78 is 5.56. The van der Waals surface area contributed by atoms with Crippen LogP contribution in [0.25, 0.3) is 0 Å². The third kappa shape index (κ3) is 3.47. The van der Waals surface area contributed by atoms with Crippen molar-refractivity contribution < 1.29 is 9.53 Å². The number of likely N-dealkylation sites (tertiary alicyclic amines) is 1. The van der Waals surface area contributed by atoms with E-state index in [0.29, 0.717) is 29.6 Å². The first kappa shape index (κ1) is 15.6. The SMILES string of the molecule is CCOc1c(N)cccc1C(=O)N1CCC(N(C)C)CC1. The first-order valence-electron chi connectivity index (χ1n) is 7.51. The van der Waals surface area contributed by atoms with Crippen molar-refractivity contribution in [2.45, 2.75) is 25.8 Å². The van der Waals surface area contributed by atoms with Gasteiger partial charge >= 0.3 is 0 Å². The van der Waals surface area contributed by atoms with Gasteiger partial charge < -0.3 is 20.3 Å². The average Bonchev–Trinajstić information content (AvgIpc) is 2.49. The van der Waals surface area contributed by atoms with Crippen LogP contribution in [0.3, 0.4) is 0 Å². The predicted octanol–water partition coefficient (Wildman–Crippen LogP) is 1.83. The Morgan fingerprint density at radius 2 is 2.05 bits per heavy atom. The second kappa shape index (κ2) is 6.80. The third-order valence-corrected chi connectivity index (χ3v) is 4.05. The number of nitrogen functional groups attached to an aromatic ring is 1. The van der Waals surface area contributed by atoms with Crippen LogP contribution in [0.15, 0.2) is 18.2 Å². The number of rotatable bonds is 4. The van der Waals surface area contributed by atoms with Gasteiger partial charge in [-0.25, -0.2) is 0 Å². The zero-order chi connectivity index (χ0) is 15.4. The Bertz CT molecular complexity index is 494. The lowest BCUT2D eigenvalue weighted by atomic mass is 10.0.